The van der Waals surface area contributed by atoms with E-state index >= 15 is 0 Å². The largest absolute Gasteiger partial charge is 0.333 e. The van der Waals surface area contributed by atoms with Crippen molar-refractivity contribution in [1.82, 2.24) is 15.5 Å². The highest BCUT2D eigenvalue weighted by Crippen LogP contribution is 2.31. The number of fused-ring (bicyclic) bond motifs is 1. The normalized spacial score (nSPS) is 13.8. The zero-order valence-corrected chi connectivity index (χ0v) is 14.7. The van der Waals surface area contributed by atoms with Gasteiger partial charge in [0.05, 0.1) is 21.2 Å². The van der Waals surface area contributed by atoms with Crippen molar-refractivity contribution in [1.29, 1.82) is 0 Å². The number of carbonyl (C=O) groups excluding carboxylic acids is 4. The van der Waals surface area contributed by atoms with Crippen LogP contribution in [-0.2, 0) is 4.79 Å². The number of urea groups is 1. The Balaban J connectivity index is 2.09. The van der Waals surface area contributed by atoms with Gasteiger partial charge < -0.3 is 5.32 Å². The molecule has 1 aromatic rings. The van der Waals surface area contributed by atoms with E-state index in [4.69, 9.17) is 23.2 Å². The number of nitrogens with one attached hydrogen (secondary N) is 2. The van der Waals surface area contributed by atoms with Crippen LogP contribution in [0.3, 0.4) is 0 Å². The average molecular weight is 372 g/mol. The van der Waals surface area contributed by atoms with Gasteiger partial charge in [0, 0.05) is 5.54 Å². The van der Waals surface area contributed by atoms with Crippen molar-refractivity contribution >= 4 is 47.0 Å². The molecule has 0 fully saturated rings. The van der Waals surface area contributed by atoms with E-state index in [-0.39, 0.29) is 21.2 Å². The molecule has 2 N–H and O–H groups in total. The fourth-order valence-corrected chi connectivity index (χ4v) is 2.44. The van der Waals surface area contributed by atoms with Gasteiger partial charge in [-0.05, 0) is 32.9 Å². The van der Waals surface area contributed by atoms with E-state index in [1.807, 2.05) is 0 Å². The Kier molecular flexibility index (Phi) is 4.87. The van der Waals surface area contributed by atoms with Crippen LogP contribution >= 0.6 is 23.2 Å². The minimum Gasteiger partial charge on any atom is -0.333 e. The lowest BCUT2D eigenvalue weighted by molar-refractivity contribution is -0.120. The summed E-state index contributed by atoms with van der Waals surface area (Å²) in [6, 6.07) is 1.85. The maximum Gasteiger partial charge on any atom is 0.321 e. The van der Waals surface area contributed by atoms with Crippen LogP contribution in [0.1, 0.15) is 41.5 Å². The summed E-state index contributed by atoms with van der Waals surface area (Å²) in [6.07, 6.45) is 0. The number of rotatable bonds is 2. The Bertz CT molecular complexity index is 715. The van der Waals surface area contributed by atoms with Crippen molar-refractivity contribution in [2.45, 2.75) is 26.3 Å². The van der Waals surface area contributed by atoms with Crippen LogP contribution in [0.5, 0.6) is 0 Å². The van der Waals surface area contributed by atoms with Crippen LogP contribution in [0.25, 0.3) is 0 Å². The van der Waals surface area contributed by atoms with E-state index in [9.17, 15) is 19.2 Å². The third-order valence-corrected chi connectivity index (χ3v) is 3.78. The molecule has 2 rings (SSSR count). The van der Waals surface area contributed by atoms with Gasteiger partial charge >= 0.3 is 6.03 Å². The molecule has 1 aliphatic heterocycles. The van der Waals surface area contributed by atoms with Crippen LogP contribution in [0.2, 0.25) is 10.0 Å². The first-order chi connectivity index (χ1) is 11.0. The molecule has 5 amide bonds. The van der Waals surface area contributed by atoms with Crippen molar-refractivity contribution in [3.63, 3.8) is 0 Å². The molecule has 9 heteroatoms. The van der Waals surface area contributed by atoms with Gasteiger partial charge in [-0.25, -0.2) is 4.79 Å². The summed E-state index contributed by atoms with van der Waals surface area (Å²) in [5.41, 5.74) is -0.393. The summed E-state index contributed by atoms with van der Waals surface area (Å²) < 4.78 is 0. The highest BCUT2D eigenvalue weighted by atomic mass is 35.5. The number of hydrogen-bond acceptors (Lipinski definition) is 4. The predicted molar refractivity (Wildman–Crippen MR) is 88.3 cm³/mol. The molecule has 0 atom stereocenters. The number of amides is 5. The average Bonchev–Trinajstić information content (AvgIpc) is 2.62. The van der Waals surface area contributed by atoms with E-state index < -0.39 is 35.8 Å². The molecule has 1 aromatic carbocycles. The monoisotopic (exact) mass is 371 g/mol. The van der Waals surface area contributed by atoms with Crippen molar-refractivity contribution < 1.29 is 19.2 Å². The van der Waals surface area contributed by atoms with Crippen LogP contribution in [-0.4, -0.2) is 40.7 Å². The molecule has 0 aromatic heterocycles. The first-order valence-corrected chi connectivity index (χ1v) is 7.72. The topological polar surface area (TPSA) is 95.6 Å². The fourth-order valence-electron chi connectivity index (χ4n) is 2.11. The summed E-state index contributed by atoms with van der Waals surface area (Å²) in [5, 5.41) is 4.87. The molecule has 0 bridgehead atoms. The van der Waals surface area contributed by atoms with Gasteiger partial charge in [0.2, 0.25) is 5.91 Å². The quantitative estimate of drug-likeness (QED) is 0.779. The van der Waals surface area contributed by atoms with E-state index in [0.29, 0.717) is 0 Å². The molecule has 1 aliphatic rings. The molecule has 0 spiro atoms. The SMILES string of the molecule is CC(C)(C)NC(=O)NC(=O)CN1C(=O)c2cc(Cl)c(Cl)cc2C1=O. The van der Waals surface area contributed by atoms with Crippen LogP contribution in [0, 0.1) is 0 Å². The first kappa shape index (κ1) is 18.2. The van der Waals surface area contributed by atoms with E-state index in [1.165, 1.54) is 12.1 Å². The number of benzene rings is 1. The molecule has 0 unspecified atom stereocenters. The lowest BCUT2D eigenvalue weighted by Gasteiger charge is -2.21. The van der Waals surface area contributed by atoms with Gasteiger partial charge in [-0.2, -0.15) is 0 Å². The second kappa shape index (κ2) is 6.41. The highest BCUT2D eigenvalue weighted by molar-refractivity contribution is 6.43. The summed E-state index contributed by atoms with van der Waals surface area (Å²) in [5.74, 6) is -2.12. The Labute approximate surface area is 148 Å². The molecule has 7 nitrogen and oxygen atoms in total. The third kappa shape index (κ3) is 3.85. The molecule has 0 radical (unpaired) electrons. The maximum absolute atomic E-state index is 12.2. The summed E-state index contributed by atoms with van der Waals surface area (Å²) >= 11 is 11.7. The Morgan fingerprint density at radius 3 is 1.92 bits per heavy atom. The number of imide groups is 2. The molecular weight excluding hydrogens is 357 g/mol. The van der Waals surface area contributed by atoms with Crippen molar-refractivity contribution in [2.75, 3.05) is 6.54 Å². The molecule has 0 aliphatic carbocycles. The molecular formula is C15H15Cl2N3O4. The van der Waals surface area contributed by atoms with Gasteiger partial charge in [-0.1, -0.05) is 23.2 Å². The Morgan fingerprint density at radius 2 is 1.50 bits per heavy atom. The second-order valence-corrected chi connectivity index (χ2v) is 7.08. The molecule has 1 heterocycles. The third-order valence-electron chi connectivity index (χ3n) is 3.05. The second-order valence-electron chi connectivity index (χ2n) is 6.26. The highest BCUT2D eigenvalue weighted by Gasteiger charge is 2.37. The van der Waals surface area contributed by atoms with Crippen LogP contribution in [0.4, 0.5) is 4.79 Å². The van der Waals surface area contributed by atoms with E-state index in [0.717, 1.165) is 4.90 Å². The van der Waals surface area contributed by atoms with Gasteiger partial charge in [-0.3, -0.25) is 24.6 Å². The van der Waals surface area contributed by atoms with Crippen molar-refractivity contribution in [3.05, 3.63) is 33.3 Å². The van der Waals surface area contributed by atoms with Crippen LogP contribution < -0.4 is 10.6 Å². The number of halogens is 2. The molecule has 0 saturated carbocycles. The molecule has 0 saturated heterocycles. The smallest absolute Gasteiger partial charge is 0.321 e. The number of nitrogens with zero attached hydrogens (tertiary/aromatic N) is 1. The zero-order valence-electron chi connectivity index (χ0n) is 13.2. The van der Waals surface area contributed by atoms with Gasteiger partial charge in [0.15, 0.2) is 0 Å². The van der Waals surface area contributed by atoms with E-state index in [1.54, 1.807) is 20.8 Å². The van der Waals surface area contributed by atoms with Gasteiger partial charge in [0.25, 0.3) is 11.8 Å². The van der Waals surface area contributed by atoms with Gasteiger partial charge in [0.1, 0.15) is 6.54 Å². The first-order valence-electron chi connectivity index (χ1n) is 6.97. The lowest BCUT2D eigenvalue weighted by atomic mass is 10.1. The Hall–Kier alpha value is -2.12. The fraction of sp³-hybridized carbons (Fsp3) is 0.333. The maximum atomic E-state index is 12.2. The zero-order chi connectivity index (χ0) is 18.2. The summed E-state index contributed by atoms with van der Waals surface area (Å²) in [6.45, 7) is 4.65. The minimum atomic E-state index is -0.788. The van der Waals surface area contributed by atoms with Crippen LogP contribution in [0.15, 0.2) is 12.1 Å². The lowest BCUT2D eigenvalue weighted by Crippen LogP contribution is -2.50. The Morgan fingerprint density at radius 1 is 1.04 bits per heavy atom. The molecule has 24 heavy (non-hydrogen) atoms. The predicted octanol–water partition coefficient (Wildman–Crippen LogP) is 2.21. The number of hydrogen-bond donors (Lipinski definition) is 2. The van der Waals surface area contributed by atoms with Gasteiger partial charge in [-0.15, -0.1) is 0 Å². The minimum absolute atomic E-state index is 0.0707. The van der Waals surface area contributed by atoms with E-state index in [2.05, 4.69) is 10.6 Å². The summed E-state index contributed by atoms with van der Waals surface area (Å²) in [7, 11) is 0. The number of carbonyl (C=O) groups is 4. The standard InChI is InChI=1S/C15H15Cl2N3O4/c1-15(2,3)19-14(24)18-11(21)6-20-12(22)7-4-9(16)10(17)5-8(7)13(20)23/h4-5H,6H2,1-3H3,(H2,18,19,21,24). The van der Waals surface area contributed by atoms with Crippen molar-refractivity contribution in [2.24, 2.45) is 0 Å². The summed E-state index contributed by atoms with van der Waals surface area (Å²) in [4.78, 5) is 48.8. The molecule has 128 valence electrons. The van der Waals surface area contributed by atoms with Crippen molar-refractivity contribution in [3.8, 4) is 0 Å².